The third kappa shape index (κ3) is 2.11. The van der Waals surface area contributed by atoms with Crippen LogP contribution in [-0.4, -0.2) is 5.60 Å². The van der Waals surface area contributed by atoms with E-state index in [1.165, 1.54) is 19.3 Å². The van der Waals surface area contributed by atoms with Gasteiger partial charge >= 0.3 is 0 Å². The summed E-state index contributed by atoms with van der Waals surface area (Å²) in [5.74, 6) is 0.752. The minimum absolute atomic E-state index is 0.0250. The summed E-state index contributed by atoms with van der Waals surface area (Å²) in [4.78, 5) is 0. The molecule has 18 heavy (non-hydrogen) atoms. The fraction of sp³-hybridized carbons (Fsp3) is 0.571. The molecule has 0 aromatic heterocycles. The fourth-order valence-corrected chi connectivity index (χ4v) is 3.78. The Morgan fingerprint density at radius 3 is 2.61 bits per heavy atom. The van der Waals surface area contributed by atoms with Gasteiger partial charge in [-0.05, 0) is 37.8 Å². The van der Waals surface area contributed by atoms with E-state index in [1.54, 1.807) is 6.07 Å². The molecule has 2 nitrogen and oxygen atoms in total. The zero-order chi connectivity index (χ0) is 12.8. The maximum absolute atomic E-state index is 6.29. The van der Waals surface area contributed by atoms with Crippen molar-refractivity contribution in [3.63, 3.8) is 0 Å². The Bertz CT molecular complexity index is 469. The molecule has 1 heterocycles. The van der Waals surface area contributed by atoms with Crippen LogP contribution in [0.2, 0.25) is 10.0 Å². The molecule has 1 aromatic carbocycles. The number of hydrogen-bond acceptors (Lipinski definition) is 2. The van der Waals surface area contributed by atoms with Crippen LogP contribution >= 0.6 is 23.2 Å². The number of fused-ring (bicyclic) bond motifs is 1. The molecule has 2 aliphatic rings. The Labute approximate surface area is 117 Å². The van der Waals surface area contributed by atoms with Crippen LogP contribution in [0.3, 0.4) is 0 Å². The van der Waals surface area contributed by atoms with E-state index >= 15 is 0 Å². The third-order valence-corrected chi connectivity index (χ3v) is 4.61. The summed E-state index contributed by atoms with van der Waals surface area (Å²) in [5, 5.41) is 1.20. The van der Waals surface area contributed by atoms with E-state index in [1.807, 2.05) is 6.07 Å². The first-order chi connectivity index (χ1) is 8.60. The first-order valence-corrected chi connectivity index (χ1v) is 7.29. The molecule has 0 amide bonds. The Hall–Kier alpha value is -0.440. The van der Waals surface area contributed by atoms with Gasteiger partial charge in [-0.3, -0.25) is 0 Å². The highest BCUT2D eigenvalue weighted by molar-refractivity contribution is 6.35. The summed E-state index contributed by atoms with van der Waals surface area (Å²) in [7, 11) is 0. The second-order valence-corrected chi connectivity index (χ2v) is 6.31. The van der Waals surface area contributed by atoms with Crippen molar-refractivity contribution >= 4 is 23.2 Å². The molecule has 1 saturated carbocycles. The SMILES string of the molecule is NC1CC2(CCCCC2)Oc2c(Cl)cc(Cl)cc21. The molecule has 0 radical (unpaired) electrons. The molecule has 1 fully saturated rings. The number of rotatable bonds is 0. The summed E-state index contributed by atoms with van der Waals surface area (Å²) < 4.78 is 6.25. The molecule has 1 aromatic rings. The Balaban J connectivity index is 2.01. The van der Waals surface area contributed by atoms with E-state index in [9.17, 15) is 0 Å². The van der Waals surface area contributed by atoms with Gasteiger partial charge in [0.1, 0.15) is 11.4 Å². The van der Waals surface area contributed by atoms with Crippen LogP contribution in [0.15, 0.2) is 12.1 Å². The molecule has 0 saturated heterocycles. The molecule has 1 unspecified atom stereocenters. The van der Waals surface area contributed by atoms with Crippen LogP contribution in [0.25, 0.3) is 0 Å². The van der Waals surface area contributed by atoms with Gasteiger partial charge in [-0.2, -0.15) is 0 Å². The maximum Gasteiger partial charge on any atom is 0.143 e. The molecular formula is C14H17Cl2NO. The molecule has 1 atom stereocenters. The highest BCUT2D eigenvalue weighted by Crippen LogP contribution is 2.48. The van der Waals surface area contributed by atoms with Gasteiger partial charge in [-0.1, -0.05) is 29.6 Å². The van der Waals surface area contributed by atoms with E-state index in [2.05, 4.69) is 0 Å². The topological polar surface area (TPSA) is 35.2 Å². The molecule has 1 aliphatic carbocycles. The van der Waals surface area contributed by atoms with Gasteiger partial charge in [0.2, 0.25) is 0 Å². The molecule has 2 N–H and O–H groups in total. The summed E-state index contributed by atoms with van der Waals surface area (Å²) in [6, 6.07) is 3.59. The van der Waals surface area contributed by atoms with Gasteiger partial charge in [0.05, 0.1) is 5.02 Å². The van der Waals surface area contributed by atoms with Crippen LogP contribution in [0.4, 0.5) is 0 Å². The van der Waals surface area contributed by atoms with E-state index in [0.717, 1.165) is 30.6 Å². The highest BCUT2D eigenvalue weighted by atomic mass is 35.5. The minimum Gasteiger partial charge on any atom is -0.485 e. The van der Waals surface area contributed by atoms with Crippen molar-refractivity contribution in [2.45, 2.75) is 50.2 Å². The average molecular weight is 286 g/mol. The van der Waals surface area contributed by atoms with Crippen molar-refractivity contribution in [1.82, 2.24) is 0 Å². The first kappa shape index (κ1) is 12.6. The number of hydrogen-bond donors (Lipinski definition) is 1. The first-order valence-electron chi connectivity index (χ1n) is 6.53. The number of ether oxygens (including phenoxy) is 1. The lowest BCUT2D eigenvalue weighted by molar-refractivity contribution is 0.00204. The molecule has 3 rings (SSSR count). The highest BCUT2D eigenvalue weighted by Gasteiger charge is 2.41. The van der Waals surface area contributed by atoms with Crippen molar-refractivity contribution in [3.05, 3.63) is 27.7 Å². The van der Waals surface area contributed by atoms with Crippen LogP contribution in [0.5, 0.6) is 5.75 Å². The zero-order valence-corrected chi connectivity index (χ0v) is 11.7. The number of halogens is 2. The summed E-state index contributed by atoms with van der Waals surface area (Å²) >= 11 is 12.3. The maximum atomic E-state index is 6.29. The molecular weight excluding hydrogens is 269 g/mol. The molecule has 98 valence electrons. The second kappa shape index (κ2) is 4.59. The largest absolute Gasteiger partial charge is 0.485 e. The van der Waals surface area contributed by atoms with E-state index in [4.69, 9.17) is 33.7 Å². The molecule has 1 aliphatic heterocycles. The summed E-state index contributed by atoms with van der Waals surface area (Å²) in [6.45, 7) is 0. The second-order valence-electron chi connectivity index (χ2n) is 5.46. The van der Waals surface area contributed by atoms with Crippen LogP contribution in [0, 0.1) is 0 Å². The van der Waals surface area contributed by atoms with Gasteiger partial charge in [-0.25, -0.2) is 0 Å². The van der Waals surface area contributed by atoms with Crippen molar-refractivity contribution in [3.8, 4) is 5.75 Å². The summed E-state index contributed by atoms with van der Waals surface area (Å²) in [6.07, 6.45) is 6.76. The minimum atomic E-state index is -0.0951. The van der Waals surface area contributed by atoms with E-state index in [0.29, 0.717) is 10.0 Å². The average Bonchev–Trinajstić information content (AvgIpc) is 2.32. The lowest BCUT2D eigenvalue weighted by atomic mass is 9.77. The Morgan fingerprint density at radius 2 is 1.89 bits per heavy atom. The monoisotopic (exact) mass is 285 g/mol. The van der Waals surface area contributed by atoms with Gasteiger partial charge < -0.3 is 10.5 Å². The normalized spacial score (nSPS) is 25.6. The third-order valence-electron chi connectivity index (χ3n) is 4.11. The molecule has 1 spiro atoms. The van der Waals surface area contributed by atoms with Gasteiger partial charge in [-0.15, -0.1) is 0 Å². The van der Waals surface area contributed by atoms with Crippen molar-refractivity contribution in [1.29, 1.82) is 0 Å². The number of nitrogens with two attached hydrogens (primary N) is 1. The predicted octanol–water partition coefficient (Wildman–Crippen LogP) is 4.48. The van der Waals surface area contributed by atoms with Crippen molar-refractivity contribution in [2.24, 2.45) is 5.73 Å². The van der Waals surface area contributed by atoms with Gasteiger partial charge in [0.15, 0.2) is 0 Å². The Kier molecular flexibility index (Phi) is 3.21. The quantitative estimate of drug-likeness (QED) is 0.763. The van der Waals surface area contributed by atoms with Crippen molar-refractivity contribution < 1.29 is 4.74 Å². The standard InChI is InChI=1S/C14H17Cl2NO/c15-9-6-10-12(17)8-14(4-2-1-3-5-14)18-13(10)11(16)7-9/h6-7,12H,1-5,8,17H2. The van der Waals surface area contributed by atoms with Crippen LogP contribution in [0.1, 0.15) is 50.1 Å². The van der Waals surface area contributed by atoms with E-state index in [-0.39, 0.29) is 11.6 Å². The lowest BCUT2D eigenvalue weighted by Gasteiger charge is -2.44. The van der Waals surface area contributed by atoms with Gasteiger partial charge in [0, 0.05) is 23.0 Å². The van der Waals surface area contributed by atoms with Gasteiger partial charge in [0.25, 0.3) is 0 Å². The van der Waals surface area contributed by atoms with Crippen molar-refractivity contribution in [2.75, 3.05) is 0 Å². The fourth-order valence-electron chi connectivity index (χ4n) is 3.23. The zero-order valence-electron chi connectivity index (χ0n) is 10.2. The molecule has 4 heteroatoms. The van der Waals surface area contributed by atoms with E-state index < -0.39 is 0 Å². The smallest absolute Gasteiger partial charge is 0.143 e. The van der Waals surface area contributed by atoms with Crippen LogP contribution in [-0.2, 0) is 0 Å². The Morgan fingerprint density at radius 1 is 1.17 bits per heavy atom. The summed E-state index contributed by atoms with van der Waals surface area (Å²) in [5.41, 5.74) is 7.15. The van der Waals surface area contributed by atoms with Crippen LogP contribution < -0.4 is 10.5 Å². The molecule has 0 bridgehead atoms. The lowest BCUT2D eigenvalue weighted by Crippen LogP contribution is -2.44. The number of benzene rings is 1. The predicted molar refractivity (Wildman–Crippen MR) is 74.5 cm³/mol.